The Labute approximate surface area is 351 Å². The molecule has 60 heavy (non-hydrogen) atoms. The molecule has 3 saturated heterocycles. The van der Waals surface area contributed by atoms with E-state index < -0.39 is 11.6 Å². The van der Waals surface area contributed by atoms with E-state index in [-0.39, 0.29) is 36.7 Å². The molecule has 2 aromatic heterocycles. The van der Waals surface area contributed by atoms with Crippen molar-refractivity contribution in [2.45, 2.75) is 96.6 Å². The third-order valence-electron chi connectivity index (χ3n) is 13.5. The maximum Gasteiger partial charge on any atom is 0.328 e. The van der Waals surface area contributed by atoms with Crippen molar-refractivity contribution in [3.05, 3.63) is 77.2 Å². The fraction of sp³-hybridized carbons (Fsp3) is 0.522. The maximum atomic E-state index is 13.7. The summed E-state index contributed by atoms with van der Waals surface area (Å²) < 4.78 is 7.58. The molecule has 0 radical (unpaired) electrons. The molecule has 2 aromatic carbocycles. The normalized spacial score (nSPS) is 19.5. The Bertz CT molecular complexity index is 2260. The number of fused-ring (bicyclic) bond motifs is 1. The predicted octanol–water partition coefficient (Wildman–Crippen LogP) is 6.81. The number of rotatable bonds is 10. The number of benzene rings is 2. The molecule has 3 N–H and O–H groups in total. The number of hydrogen-bond donors (Lipinski definition) is 3. The van der Waals surface area contributed by atoms with Crippen molar-refractivity contribution in [3.8, 4) is 5.75 Å². The molecule has 4 fully saturated rings. The summed E-state index contributed by atoms with van der Waals surface area (Å²) >= 11 is 0. The van der Waals surface area contributed by atoms with Gasteiger partial charge in [-0.3, -0.25) is 29.3 Å². The van der Waals surface area contributed by atoms with Gasteiger partial charge in [-0.2, -0.15) is 5.10 Å². The van der Waals surface area contributed by atoms with Crippen LogP contribution in [0, 0.1) is 18.3 Å². The highest BCUT2D eigenvalue weighted by Gasteiger charge is 2.39. The summed E-state index contributed by atoms with van der Waals surface area (Å²) in [6.07, 6.45) is 12.5. The minimum atomic E-state index is -1.19. The average Bonchev–Trinajstić information content (AvgIpc) is 3.66. The van der Waals surface area contributed by atoms with Crippen LogP contribution in [-0.4, -0.2) is 99.8 Å². The largest absolute Gasteiger partial charge is 0.495 e. The van der Waals surface area contributed by atoms with Crippen LogP contribution in [0.1, 0.15) is 116 Å². The van der Waals surface area contributed by atoms with Crippen LogP contribution in [0.5, 0.6) is 5.75 Å². The highest BCUT2D eigenvalue weighted by Crippen LogP contribution is 2.47. The Kier molecular flexibility index (Phi) is 11.7. The predicted molar refractivity (Wildman–Crippen MR) is 229 cm³/mol. The van der Waals surface area contributed by atoms with Crippen molar-refractivity contribution < 1.29 is 29.0 Å². The number of carbonyl (C=O) groups excluding carboxylic acids is 4. The second kappa shape index (κ2) is 17.0. The minimum Gasteiger partial charge on any atom is -0.495 e. The topological polar surface area (TPSA) is 162 Å². The highest BCUT2D eigenvalue weighted by atomic mass is 16.5. The third kappa shape index (κ3) is 8.90. The van der Waals surface area contributed by atoms with Crippen molar-refractivity contribution in [1.82, 2.24) is 29.9 Å². The van der Waals surface area contributed by atoms with Gasteiger partial charge in [0.2, 0.25) is 5.91 Å². The number of hydrogen-bond acceptors (Lipinski definition) is 9. The van der Waals surface area contributed by atoms with Crippen LogP contribution < -0.4 is 20.3 Å². The monoisotopic (exact) mass is 818 g/mol. The van der Waals surface area contributed by atoms with Crippen LogP contribution >= 0.6 is 0 Å². The lowest BCUT2D eigenvalue weighted by Gasteiger charge is -2.46. The summed E-state index contributed by atoms with van der Waals surface area (Å²) in [5.41, 5.74) is 3.18. The van der Waals surface area contributed by atoms with E-state index in [0.29, 0.717) is 39.4 Å². The van der Waals surface area contributed by atoms with E-state index in [1.165, 1.54) is 44.1 Å². The number of carbonyl (C=O) groups is 4. The van der Waals surface area contributed by atoms with E-state index >= 15 is 0 Å². The van der Waals surface area contributed by atoms with Gasteiger partial charge in [0, 0.05) is 73.2 Å². The molecule has 318 valence electrons. The molecule has 8 rings (SSSR count). The van der Waals surface area contributed by atoms with E-state index in [4.69, 9.17) is 9.84 Å². The summed E-state index contributed by atoms with van der Waals surface area (Å²) in [6.45, 7) is 10.2. The molecular weight excluding hydrogens is 761 g/mol. The summed E-state index contributed by atoms with van der Waals surface area (Å²) in [4.78, 5) is 61.5. The van der Waals surface area contributed by atoms with Gasteiger partial charge in [-0.1, -0.05) is 6.07 Å². The molecule has 4 aliphatic rings. The maximum absolute atomic E-state index is 13.7. The van der Waals surface area contributed by atoms with Gasteiger partial charge in [0.1, 0.15) is 11.4 Å². The molecule has 4 aromatic rings. The Balaban J connectivity index is 0.801. The number of likely N-dealkylation sites (tertiary alicyclic amines) is 2. The zero-order valence-electron chi connectivity index (χ0n) is 35.3. The lowest BCUT2D eigenvalue weighted by Crippen LogP contribution is -2.49. The highest BCUT2D eigenvalue weighted by molar-refractivity contribution is 6.07. The molecule has 1 saturated carbocycles. The number of imide groups is 1. The number of nitrogens with zero attached hydrogens (tertiary/aromatic N) is 6. The number of piperidine rings is 2. The number of aromatic nitrogens is 3. The van der Waals surface area contributed by atoms with E-state index in [9.17, 15) is 24.3 Å². The second-order valence-electron chi connectivity index (χ2n) is 18.0. The van der Waals surface area contributed by atoms with Gasteiger partial charge < -0.3 is 25.0 Å². The first-order valence-electron chi connectivity index (χ1n) is 21.6. The first-order valence-corrected chi connectivity index (χ1v) is 21.6. The first kappa shape index (κ1) is 41.4. The summed E-state index contributed by atoms with van der Waals surface area (Å²) in [5, 5.41) is 22.3. The molecule has 0 atom stereocenters. The van der Waals surface area contributed by atoms with E-state index in [1.807, 2.05) is 36.1 Å². The zero-order chi connectivity index (χ0) is 42.2. The van der Waals surface area contributed by atoms with Gasteiger partial charge in [-0.05, 0) is 139 Å². The van der Waals surface area contributed by atoms with Gasteiger partial charge >= 0.3 is 6.03 Å². The molecule has 14 heteroatoms. The fourth-order valence-corrected chi connectivity index (χ4v) is 9.79. The number of methoxy groups -OCH3 is 1. The Morgan fingerprint density at radius 3 is 2.40 bits per heavy atom. The molecule has 14 nitrogen and oxygen atoms in total. The number of amides is 5. The molecule has 1 aliphatic carbocycles. The van der Waals surface area contributed by atoms with Gasteiger partial charge in [0.25, 0.3) is 11.8 Å². The van der Waals surface area contributed by atoms with Crippen LogP contribution in [0.25, 0.3) is 10.9 Å². The van der Waals surface area contributed by atoms with Gasteiger partial charge in [-0.25, -0.2) is 9.78 Å². The standard InChI is InChI=1S/C46H58N8O6/c1-30-6-5-7-36(47-30)42(56)48-38-26-33-29-54(50-37(33)28-35(38)45(2,3)59)34-13-21-51(22-14-34)20-12-31-10-16-46(17-11-31)18-24-52(25-19-46)43(57)32-8-9-40(60-4)39(27-32)53-23-15-41(55)49-44(53)58/h5-9,26-29,31,34,59H,10-25H2,1-4H3,(H,48,56)(H,49,55,58). The number of nitrogens with one attached hydrogen (secondary N) is 2. The number of aliphatic hydroxyl groups is 1. The third-order valence-corrected chi connectivity index (χ3v) is 13.5. The molecular formula is C46H58N8O6. The van der Waals surface area contributed by atoms with Crippen molar-refractivity contribution in [1.29, 1.82) is 0 Å². The second-order valence-corrected chi connectivity index (χ2v) is 18.0. The van der Waals surface area contributed by atoms with E-state index in [1.54, 1.807) is 38.1 Å². The smallest absolute Gasteiger partial charge is 0.328 e. The van der Waals surface area contributed by atoms with E-state index in [2.05, 4.69) is 31.4 Å². The number of urea groups is 1. The van der Waals surface area contributed by atoms with Crippen LogP contribution in [0.4, 0.5) is 16.2 Å². The van der Waals surface area contributed by atoms with Crippen molar-refractivity contribution >= 4 is 46.0 Å². The summed E-state index contributed by atoms with van der Waals surface area (Å²) in [6, 6.07) is 14.1. The van der Waals surface area contributed by atoms with Crippen molar-refractivity contribution in [2.75, 3.05) is 56.6 Å². The van der Waals surface area contributed by atoms with Gasteiger partial charge in [0.05, 0.1) is 30.0 Å². The number of pyridine rings is 1. The molecule has 5 heterocycles. The van der Waals surface area contributed by atoms with Crippen LogP contribution in [-0.2, 0) is 10.4 Å². The minimum absolute atomic E-state index is 0.0351. The molecule has 0 unspecified atom stereocenters. The summed E-state index contributed by atoms with van der Waals surface area (Å²) in [5.74, 6) is 0.550. The SMILES string of the molecule is COc1ccc(C(=O)N2CCC3(CCC(CCN4CCC(n5cc6cc(NC(=O)c7cccc(C)n7)c(C(C)(C)O)cc6n5)CC4)CC3)CC2)cc1N1CCC(=O)NC1=O. The van der Waals surface area contributed by atoms with Crippen LogP contribution in [0.15, 0.2) is 54.7 Å². The number of aryl methyl sites for hydroxylation is 1. The van der Waals surface area contributed by atoms with E-state index in [0.717, 1.165) is 80.9 Å². The summed E-state index contributed by atoms with van der Waals surface area (Å²) in [7, 11) is 1.53. The number of ether oxygens (including phenoxy) is 1. The quantitative estimate of drug-likeness (QED) is 0.156. The number of anilines is 2. The molecule has 5 amide bonds. The Morgan fingerprint density at radius 2 is 1.72 bits per heavy atom. The lowest BCUT2D eigenvalue weighted by atomic mass is 9.65. The zero-order valence-corrected chi connectivity index (χ0v) is 35.3. The van der Waals surface area contributed by atoms with Crippen molar-refractivity contribution in [2.24, 2.45) is 11.3 Å². The van der Waals surface area contributed by atoms with Crippen LogP contribution in [0.3, 0.4) is 0 Å². The molecule has 3 aliphatic heterocycles. The molecule has 0 bridgehead atoms. The first-order chi connectivity index (χ1) is 28.8. The average molecular weight is 819 g/mol. The van der Waals surface area contributed by atoms with Crippen LogP contribution in [0.2, 0.25) is 0 Å². The van der Waals surface area contributed by atoms with Gasteiger partial charge in [-0.15, -0.1) is 0 Å². The molecule has 1 spiro atoms. The van der Waals surface area contributed by atoms with Crippen molar-refractivity contribution in [3.63, 3.8) is 0 Å². The van der Waals surface area contributed by atoms with Gasteiger partial charge in [0.15, 0.2) is 0 Å². The Morgan fingerprint density at radius 1 is 0.967 bits per heavy atom. The lowest BCUT2D eigenvalue weighted by molar-refractivity contribution is -0.120. The Hall–Kier alpha value is -5.34. The fourth-order valence-electron chi connectivity index (χ4n) is 9.79.